The fourth-order valence-electron chi connectivity index (χ4n) is 4.45. The quantitative estimate of drug-likeness (QED) is 0.593. The number of para-hydroxylation sites is 1. The second-order valence-corrected chi connectivity index (χ2v) is 8.54. The number of phenolic OH excluding ortho intramolecular Hbond substituents is 1. The largest absolute Gasteiger partial charge is 0.507 e. The van der Waals surface area contributed by atoms with Crippen LogP contribution in [0.25, 0.3) is 0 Å². The molecule has 0 bridgehead atoms. The van der Waals surface area contributed by atoms with Gasteiger partial charge < -0.3 is 14.9 Å². The summed E-state index contributed by atoms with van der Waals surface area (Å²) in [4.78, 5) is 56.0. The molecule has 0 radical (unpaired) electrons. The van der Waals surface area contributed by atoms with Gasteiger partial charge in [0.25, 0.3) is 23.6 Å². The van der Waals surface area contributed by atoms with Crippen molar-refractivity contribution in [3.05, 3.63) is 101 Å². The first-order valence-corrected chi connectivity index (χ1v) is 11.3. The van der Waals surface area contributed by atoms with E-state index in [4.69, 9.17) is 0 Å². The van der Waals surface area contributed by atoms with Crippen molar-refractivity contribution in [1.82, 2.24) is 14.7 Å². The molecular weight excluding hydrogens is 446 g/mol. The van der Waals surface area contributed by atoms with Crippen LogP contribution in [-0.2, 0) is 6.54 Å². The lowest BCUT2D eigenvalue weighted by atomic mass is 10.0. The van der Waals surface area contributed by atoms with Gasteiger partial charge in [-0.1, -0.05) is 42.5 Å². The highest BCUT2D eigenvalue weighted by molar-refractivity contribution is 6.22. The summed E-state index contributed by atoms with van der Waals surface area (Å²) < 4.78 is 0. The van der Waals surface area contributed by atoms with Crippen molar-refractivity contribution in [3.63, 3.8) is 0 Å². The average molecular weight is 469 g/mol. The molecule has 2 heterocycles. The van der Waals surface area contributed by atoms with Crippen molar-refractivity contribution in [2.75, 3.05) is 26.2 Å². The summed E-state index contributed by atoms with van der Waals surface area (Å²) in [5.41, 5.74) is 1.92. The number of aromatic hydroxyl groups is 1. The van der Waals surface area contributed by atoms with E-state index in [1.807, 2.05) is 30.3 Å². The van der Waals surface area contributed by atoms with Crippen LogP contribution in [0.15, 0.2) is 72.8 Å². The lowest BCUT2D eigenvalue weighted by Crippen LogP contribution is -2.50. The van der Waals surface area contributed by atoms with Gasteiger partial charge in [-0.2, -0.15) is 0 Å². The van der Waals surface area contributed by atoms with Gasteiger partial charge in [0, 0.05) is 31.7 Å². The van der Waals surface area contributed by atoms with E-state index in [-0.39, 0.29) is 41.1 Å². The van der Waals surface area contributed by atoms with Gasteiger partial charge in [0.15, 0.2) is 0 Å². The van der Waals surface area contributed by atoms with Gasteiger partial charge in [0.2, 0.25) is 0 Å². The number of fused-ring (bicyclic) bond motifs is 1. The van der Waals surface area contributed by atoms with Crippen LogP contribution < -0.4 is 0 Å². The number of rotatable bonds is 4. The molecule has 3 aromatic carbocycles. The van der Waals surface area contributed by atoms with Crippen LogP contribution in [0.1, 0.15) is 47.0 Å². The van der Waals surface area contributed by atoms with Crippen molar-refractivity contribution in [1.29, 1.82) is 0 Å². The molecule has 3 aromatic rings. The van der Waals surface area contributed by atoms with Crippen molar-refractivity contribution >= 4 is 23.6 Å². The molecule has 1 N–H and O–H groups in total. The van der Waals surface area contributed by atoms with Crippen LogP contribution in [0.5, 0.6) is 5.75 Å². The van der Waals surface area contributed by atoms with E-state index in [0.717, 1.165) is 5.56 Å². The van der Waals surface area contributed by atoms with Crippen molar-refractivity contribution in [2.24, 2.45) is 0 Å². The van der Waals surface area contributed by atoms with Gasteiger partial charge in [-0.15, -0.1) is 0 Å². The molecule has 4 amide bonds. The maximum absolute atomic E-state index is 13.1. The van der Waals surface area contributed by atoms with E-state index >= 15 is 0 Å². The van der Waals surface area contributed by atoms with E-state index in [1.54, 1.807) is 34.1 Å². The third-order valence-electron chi connectivity index (χ3n) is 6.39. The number of carbonyl (C=O) groups is 4. The molecule has 8 nitrogen and oxygen atoms in total. The number of nitrogens with zero attached hydrogens (tertiary/aromatic N) is 3. The molecule has 176 valence electrons. The summed E-state index contributed by atoms with van der Waals surface area (Å²) in [5.74, 6) is -1.40. The normalized spacial score (nSPS) is 15.4. The van der Waals surface area contributed by atoms with Gasteiger partial charge in [0.05, 0.1) is 23.2 Å². The van der Waals surface area contributed by atoms with Gasteiger partial charge in [-0.3, -0.25) is 24.1 Å². The van der Waals surface area contributed by atoms with Crippen LogP contribution >= 0.6 is 0 Å². The zero-order chi connectivity index (χ0) is 24.5. The predicted octanol–water partition coefficient (Wildman–Crippen LogP) is 2.79. The monoisotopic (exact) mass is 469 g/mol. The van der Waals surface area contributed by atoms with Crippen LogP contribution in [0.2, 0.25) is 0 Å². The molecule has 5 rings (SSSR count). The molecule has 0 spiro atoms. The third kappa shape index (κ3) is 4.14. The van der Waals surface area contributed by atoms with Gasteiger partial charge >= 0.3 is 0 Å². The van der Waals surface area contributed by atoms with E-state index in [9.17, 15) is 24.3 Å². The number of hydrogen-bond donors (Lipinski definition) is 1. The number of amides is 4. The highest BCUT2D eigenvalue weighted by Crippen LogP contribution is 2.26. The Morgan fingerprint density at radius 1 is 0.714 bits per heavy atom. The second-order valence-electron chi connectivity index (χ2n) is 8.54. The van der Waals surface area contributed by atoms with Crippen LogP contribution in [-0.4, -0.2) is 69.6 Å². The van der Waals surface area contributed by atoms with Crippen LogP contribution in [0.4, 0.5) is 0 Å². The number of carbonyl (C=O) groups excluding carboxylic acids is 4. The minimum Gasteiger partial charge on any atom is -0.507 e. The Hall–Kier alpha value is -4.46. The minimum absolute atomic E-state index is 0.0744. The molecule has 0 unspecified atom stereocenters. The summed E-state index contributed by atoms with van der Waals surface area (Å²) in [6.45, 7) is 1.46. The Morgan fingerprint density at radius 3 is 2.00 bits per heavy atom. The molecule has 8 heteroatoms. The first-order chi connectivity index (χ1) is 16.9. The van der Waals surface area contributed by atoms with E-state index in [1.165, 1.54) is 23.1 Å². The van der Waals surface area contributed by atoms with E-state index < -0.39 is 5.91 Å². The van der Waals surface area contributed by atoms with Gasteiger partial charge in [0.1, 0.15) is 5.75 Å². The average Bonchev–Trinajstić information content (AvgIpc) is 3.13. The summed E-state index contributed by atoms with van der Waals surface area (Å²) >= 11 is 0. The molecule has 0 aliphatic carbocycles. The van der Waals surface area contributed by atoms with E-state index in [2.05, 4.69) is 0 Å². The third-order valence-corrected chi connectivity index (χ3v) is 6.39. The molecule has 0 atom stereocenters. The molecule has 2 aliphatic rings. The molecule has 1 fully saturated rings. The van der Waals surface area contributed by atoms with Gasteiger partial charge in [-0.25, -0.2) is 0 Å². The SMILES string of the molecule is O=C(c1ccc2c(c1)C(=O)N(Cc1ccccc1)C2=O)N1CCN(C(=O)c2ccccc2O)CC1. The predicted molar refractivity (Wildman–Crippen MR) is 127 cm³/mol. The maximum atomic E-state index is 13.1. The van der Waals surface area contributed by atoms with Crippen molar-refractivity contribution < 1.29 is 24.3 Å². The molecule has 0 saturated carbocycles. The Kier molecular flexibility index (Phi) is 5.78. The first kappa shape index (κ1) is 22.3. The van der Waals surface area contributed by atoms with Crippen molar-refractivity contribution in [2.45, 2.75) is 6.54 Å². The minimum atomic E-state index is -0.415. The van der Waals surface area contributed by atoms with Gasteiger partial charge in [-0.05, 0) is 35.9 Å². The molecule has 35 heavy (non-hydrogen) atoms. The number of piperazine rings is 1. The Morgan fingerprint density at radius 2 is 1.31 bits per heavy atom. The molecular formula is C27H23N3O5. The number of phenols is 1. The fraction of sp³-hybridized carbons (Fsp3) is 0.185. The number of hydrogen-bond acceptors (Lipinski definition) is 5. The summed E-state index contributed by atoms with van der Waals surface area (Å²) in [7, 11) is 0. The molecule has 1 saturated heterocycles. The zero-order valence-electron chi connectivity index (χ0n) is 18.9. The smallest absolute Gasteiger partial charge is 0.261 e. The lowest BCUT2D eigenvalue weighted by Gasteiger charge is -2.35. The topological polar surface area (TPSA) is 98.2 Å². The Bertz CT molecular complexity index is 1330. The van der Waals surface area contributed by atoms with Crippen LogP contribution in [0, 0.1) is 0 Å². The Labute approximate surface area is 202 Å². The number of imide groups is 1. The number of benzene rings is 3. The first-order valence-electron chi connectivity index (χ1n) is 11.3. The maximum Gasteiger partial charge on any atom is 0.261 e. The molecule has 0 aromatic heterocycles. The summed E-state index contributed by atoms with van der Waals surface area (Å²) in [6, 6.07) is 20.2. The summed E-state index contributed by atoms with van der Waals surface area (Å²) in [5, 5.41) is 9.95. The van der Waals surface area contributed by atoms with Crippen LogP contribution in [0.3, 0.4) is 0 Å². The van der Waals surface area contributed by atoms with E-state index in [0.29, 0.717) is 37.3 Å². The highest BCUT2D eigenvalue weighted by atomic mass is 16.3. The second kappa shape index (κ2) is 9.06. The molecule has 2 aliphatic heterocycles. The zero-order valence-corrected chi connectivity index (χ0v) is 18.9. The fourth-order valence-corrected chi connectivity index (χ4v) is 4.45. The highest BCUT2D eigenvalue weighted by Gasteiger charge is 2.36. The standard InChI is InChI=1S/C27H23N3O5/c31-23-9-5-4-8-21(23)25(33)29-14-12-28(13-15-29)24(32)19-10-11-20-22(16-19)27(35)30(26(20)34)17-18-6-2-1-3-7-18/h1-11,16,31H,12-15,17H2. The lowest BCUT2D eigenvalue weighted by molar-refractivity contribution is 0.0533. The Balaban J connectivity index is 1.27. The van der Waals surface area contributed by atoms with Crippen molar-refractivity contribution in [3.8, 4) is 5.75 Å². The summed E-state index contributed by atoms with van der Waals surface area (Å²) in [6.07, 6.45) is 0.